The monoisotopic (exact) mass is 843 g/mol. The maximum atomic E-state index is 12.0. The first-order chi connectivity index (χ1) is 29.5. The second kappa shape index (κ2) is 19.7. The van der Waals surface area contributed by atoms with Crippen LogP contribution in [0.2, 0.25) is 0 Å². The van der Waals surface area contributed by atoms with Crippen molar-refractivity contribution >= 4 is 29.8 Å². The van der Waals surface area contributed by atoms with Gasteiger partial charge in [0.05, 0.1) is 43.3 Å². The fourth-order valence-corrected chi connectivity index (χ4v) is 10.5. The predicted molar refractivity (Wildman–Crippen MR) is 222 cm³/mol. The van der Waals surface area contributed by atoms with Crippen LogP contribution in [0, 0.1) is 0 Å². The van der Waals surface area contributed by atoms with Crippen LogP contribution >= 0.6 is 0 Å². The number of nitrogens with one attached hydrogen (secondary N) is 1. The van der Waals surface area contributed by atoms with E-state index in [1.165, 1.54) is 24.1 Å². The smallest absolute Gasteiger partial charge is 0.410 e. The van der Waals surface area contributed by atoms with E-state index >= 15 is 0 Å². The molecule has 8 bridgehead atoms. The van der Waals surface area contributed by atoms with Crippen molar-refractivity contribution in [1.82, 2.24) is 44.9 Å². The van der Waals surface area contributed by atoms with Crippen LogP contribution in [0.3, 0.4) is 0 Å². The minimum Gasteiger partial charge on any atom is -0.450 e. The van der Waals surface area contributed by atoms with Gasteiger partial charge in [-0.3, -0.25) is 19.4 Å². The van der Waals surface area contributed by atoms with Crippen LogP contribution in [-0.2, 0) is 36.6 Å². The molecule has 1 N–H and O–H groups in total. The number of amides is 3. The van der Waals surface area contributed by atoms with Gasteiger partial charge in [-0.25, -0.2) is 34.3 Å². The molecule has 0 spiro atoms. The Hall–Kier alpha value is -5.19. The number of piperidine rings is 2. The van der Waals surface area contributed by atoms with Gasteiger partial charge in [0.25, 0.3) is 0 Å². The molecule has 0 saturated carbocycles. The quantitative estimate of drug-likeness (QED) is 0.310. The molecule has 17 heteroatoms. The van der Waals surface area contributed by atoms with Crippen molar-refractivity contribution in [3.05, 3.63) is 59.3 Å². The Morgan fingerprint density at radius 1 is 0.656 bits per heavy atom. The summed E-state index contributed by atoms with van der Waals surface area (Å²) < 4.78 is 15.2. The maximum absolute atomic E-state index is 12.0. The average molecular weight is 844 g/mol. The van der Waals surface area contributed by atoms with Crippen LogP contribution in [0.4, 0.5) is 14.4 Å². The number of hydrogen-bond donors (Lipinski definition) is 1. The van der Waals surface area contributed by atoms with Crippen LogP contribution in [0.15, 0.2) is 36.8 Å². The molecule has 8 atom stereocenters. The Balaban J connectivity index is 0.000000124. The first-order valence-electron chi connectivity index (χ1n) is 22.1. The van der Waals surface area contributed by atoms with Crippen LogP contribution in [0.1, 0.15) is 126 Å². The summed E-state index contributed by atoms with van der Waals surface area (Å²) in [4.78, 5) is 82.7. The number of carbonyl (C=O) groups is 5. The summed E-state index contributed by atoms with van der Waals surface area (Å²) in [6.07, 6.45) is 19.7. The largest absolute Gasteiger partial charge is 0.450 e. The van der Waals surface area contributed by atoms with Crippen LogP contribution in [0.5, 0.6) is 0 Å². The third kappa shape index (κ3) is 9.66. The molecule has 2 aromatic heterocycles. The highest BCUT2D eigenvalue weighted by atomic mass is 16.6. The Kier molecular flexibility index (Phi) is 14.2. The second-order valence-corrected chi connectivity index (χ2v) is 17.1. The summed E-state index contributed by atoms with van der Waals surface area (Å²) in [5, 5.41) is 3.57. The highest BCUT2D eigenvalue weighted by Gasteiger charge is 2.47. The van der Waals surface area contributed by atoms with Gasteiger partial charge in [-0.1, -0.05) is 0 Å². The molecule has 6 fully saturated rings. The summed E-state index contributed by atoms with van der Waals surface area (Å²) in [5.74, 6) is 0.454. The van der Waals surface area contributed by atoms with Gasteiger partial charge in [0, 0.05) is 118 Å². The number of fused-ring (bicyclic) bond motifs is 12. The highest BCUT2D eigenvalue weighted by Crippen LogP contribution is 2.43. The number of carbonyl (C=O) groups excluding carboxylic acids is 5. The molecule has 10 heterocycles. The first-order valence-corrected chi connectivity index (χ1v) is 22.1. The van der Waals surface area contributed by atoms with Crippen molar-refractivity contribution in [2.75, 3.05) is 33.9 Å². The second-order valence-electron chi connectivity index (χ2n) is 17.1. The zero-order chi connectivity index (χ0) is 43.2. The molecule has 8 unspecified atom stereocenters. The third-order valence-electron chi connectivity index (χ3n) is 13.0. The molecular formula is C44H61N9O8. The van der Waals surface area contributed by atoms with Gasteiger partial charge in [-0.05, 0) is 72.1 Å². The lowest BCUT2D eigenvalue weighted by atomic mass is 9.96. The Bertz CT molecular complexity index is 1950. The minimum atomic E-state index is -0.290. The lowest BCUT2D eigenvalue weighted by Crippen LogP contribution is -2.48. The lowest BCUT2D eigenvalue weighted by molar-refractivity contribution is -0.123. The molecule has 8 aliphatic heterocycles. The van der Waals surface area contributed by atoms with Crippen LogP contribution in [-0.4, -0.2) is 140 Å². The number of hydrogen-bond acceptors (Lipinski definition) is 14. The van der Waals surface area contributed by atoms with Gasteiger partial charge in [0.1, 0.15) is 18.4 Å². The molecule has 6 saturated heterocycles. The number of Topliss-reactive ketones (excluding diaryl/α,β-unsaturated/α-hetero) is 2. The van der Waals surface area contributed by atoms with Crippen molar-refractivity contribution in [3.63, 3.8) is 0 Å². The van der Waals surface area contributed by atoms with Crippen LogP contribution in [0.25, 0.3) is 0 Å². The van der Waals surface area contributed by atoms with Gasteiger partial charge in [0.15, 0.2) is 5.78 Å². The number of aromatic nitrogens is 4. The molecule has 8 aliphatic rings. The SMILES string of the molecule is CCOC(=O)N1C2CCC1/C(=C\N(C)C)C(=O)C2.CCOC(=O)N1C2CCC1CC(=O)C2.CCOC(=O)N1C2CCC1c1cncnc1C2.c1ncc2c(n1)CC1CCC2N1. The number of ether oxygens (including phenoxy) is 3. The highest BCUT2D eigenvalue weighted by molar-refractivity contribution is 5.99. The van der Waals surface area contributed by atoms with E-state index < -0.39 is 0 Å². The van der Waals surface area contributed by atoms with Gasteiger partial charge < -0.3 is 29.3 Å². The number of ketones is 2. The van der Waals surface area contributed by atoms with E-state index in [0.717, 1.165) is 68.2 Å². The van der Waals surface area contributed by atoms with E-state index in [9.17, 15) is 24.0 Å². The number of rotatable bonds is 4. The fraction of sp³-hybridized carbons (Fsp3) is 0.659. The molecule has 2 aromatic rings. The van der Waals surface area contributed by atoms with E-state index in [1.54, 1.807) is 36.3 Å². The molecule has 0 aromatic carbocycles. The number of nitrogens with zero attached hydrogens (tertiary/aromatic N) is 8. The minimum absolute atomic E-state index is 0.0286. The summed E-state index contributed by atoms with van der Waals surface area (Å²) in [6, 6.07) is 1.74. The van der Waals surface area contributed by atoms with E-state index in [-0.39, 0.29) is 66.1 Å². The van der Waals surface area contributed by atoms with Gasteiger partial charge >= 0.3 is 18.3 Å². The molecule has 0 aliphatic carbocycles. The molecule has 61 heavy (non-hydrogen) atoms. The van der Waals surface area contributed by atoms with Crippen molar-refractivity contribution < 1.29 is 38.2 Å². The van der Waals surface area contributed by atoms with Crippen molar-refractivity contribution in [2.45, 2.75) is 153 Å². The molecule has 0 radical (unpaired) electrons. The third-order valence-corrected chi connectivity index (χ3v) is 13.0. The van der Waals surface area contributed by atoms with E-state index in [4.69, 9.17) is 14.2 Å². The molecular weight excluding hydrogens is 783 g/mol. The molecule has 330 valence electrons. The molecule has 10 rings (SSSR count). The van der Waals surface area contributed by atoms with Crippen molar-refractivity contribution in [3.8, 4) is 0 Å². The lowest BCUT2D eigenvalue weighted by Gasteiger charge is -2.35. The maximum Gasteiger partial charge on any atom is 0.410 e. The Labute approximate surface area is 358 Å². The zero-order valence-corrected chi connectivity index (χ0v) is 36.2. The van der Waals surface area contributed by atoms with Crippen LogP contribution < -0.4 is 5.32 Å². The summed E-state index contributed by atoms with van der Waals surface area (Å²) >= 11 is 0. The molecule has 3 amide bonds. The van der Waals surface area contributed by atoms with E-state index in [0.29, 0.717) is 51.2 Å². The Morgan fingerprint density at radius 2 is 1.16 bits per heavy atom. The van der Waals surface area contributed by atoms with E-state index in [1.807, 2.05) is 49.4 Å². The van der Waals surface area contributed by atoms with Crippen molar-refractivity contribution in [2.24, 2.45) is 0 Å². The van der Waals surface area contributed by atoms with Gasteiger partial charge in [0.2, 0.25) is 0 Å². The topological polar surface area (TPSA) is 190 Å². The van der Waals surface area contributed by atoms with Gasteiger partial charge in [-0.15, -0.1) is 0 Å². The standard InChI is InChI=1S/C13H20N2O3.C12H15N3O2.C10H15NO3.C9H11N3/c1-4-18-13(17)15-9-5-6-11(15)10(8-14(2)3)12(16)7-9;1-2-17-12(16)15-8-3-4-11(15)9-6-13-7-14-10(9)5-8;1-2-14-10(13)11-7-3-4-8(11)6-9(12)5-7;1-2-8-7-4-10-5-11-9(7)3-6(1)12-8/h8-9,11H,4-7H2,1-3H3;6-8,11H,2-5H2,1H3;7-8H,2-6H2,1H3;4-6,8,12H,1-3H2/b10-8+;;;. The average Bonchev–Trinajstić information content (AvgIpc) is 3.97. The van der Waals surface area contributed by atoms with Crippen molar-refractivity contribution in [1.29, 1.82) is 0 Å². The van der Waals surface area contributed by atoms with Gasteiger partial charge in [-0.2, -0.15) is 0 Å². The Morgan fingerprint density at radius 3 is 1.77 bits per heavy atom. The first kappa shape index (κ1) is 43.9. The zero-order valence-electron chi connectivity index (χ0n) is 36.2. The summed E-state index contributed by atoms with van der Waals surface area (Å²) in [5.41, 5.74) is 5.51. The fourth-order valence-electron chi connectivity index (χ4n) is 10.5. The molecule has 17 nitrogen and oxygen atoms in total. The normalized spacial score (nSPS) is 28.9. The van der Waals surface area contributed by atoms with E-state index in [2.05, 4.69) is 25.3 Å². The predicted octanol–water partition coefficient (Wildman–Crippen LogP) is 5.25. The summed E-state index contributed by atoms with van der Waals surface area (Å²) in [7, 11) is 3.77. The summed E-state index contributed by atoms with van der Waals surface area (Å²) in [6.45, 7) is 6.63.